The molecule has 0 radical (unpaired) electrons. The lowest BCUT2D eigenvalue weighted by Gasteiger charge is -2.28. The summed E-state index contributed by atoms with van der Waals surface area (Å²) in [5.74, 6) is 0.233. The summed E-state index contributed by atoms with van der Waals surface area (Å²) in [6, 6.07) is 2.36. The van der Waals surface area contributed by atoms with Crippen LogP contribution in [0.1, 0.15) is 17.7 Å². The van der Waals surface area contributed by atoms with Crippen LogP contribution < -0.4 is 0 Å². The Morgan fingerprint density at radius 1 is 1.71 bits per heavy atom. The highest BCUT2D eigenvalue weighted by atomic mass is 32.1. The summed E-state index contributed by atoms with van der Waals surface area (Å²) in [5.41, 5.74) is 1.86. The SMILES string of the molecule is N#CC1CCCN(Cc2cncs2)C1. The fourth-order valence-electron chi connectivity index (χ4n) is 1.85. The normalized spacial score (nSPS) is 23.2. The summed E-state index contributed by atoms with van der Waals surface area (Å²) in [4.78, 5) is 7.70. The lowest BCUT2D eigenvalue weighted by molar-refractivity contribution is 0.193. The molecule has 0 saturated carbocycles. The second kappa shape index (κ2) is 4.54. The van der Waals surface area contributed by atoms with Gasteiger partial charge < -0.3 is 0 Å². The molecule has 1 saturated heterocycles. The van der Waals surface area contributed by atoms with E-state index in [0.29, 0.717) is 0 Å². The first-order chi connectivity index (χ1) is 6.88. The van der Waals surface area contributed by atoms with Gasteiger partial charge in [0.2, 0.25) is 0 Å². The van der Waals surface area contributed by atoms with Gasteiger partial charge in [0.15, 0.2) is 0 Å². The molecule has 74 valence electrons. The van der Waals surface area contributed by atoms with Crippen molar-refractivity contribution in [2.75, 3.05) is 13.1 Å². The zero-order valence-electron chi connectivity index (χ0n) is 8.02. The van der Waals surface area contributed by atoms with Crippen LogP contribution in [-0.4, -0.2) is 23.0 Å². The molecular weight excluding hydrogens is 194 g/mol. The highest BCUT2D eigenvalue weighted by Gasteiger charge is 2.19. The number of nitrogens with zero attached hydrogens (tertiary/aromatic N) is 3. The molecule has 0 aromatic carbocycles. The molecule has 1 aliphatic heterocycles. The Balaban J connectivity index is 1.90. The number of hydrogen-bond acceptors (Lipinski definition) is 4. The van der Waals surface area contributed by atoms with Crippen LogP contribution in [0.4, 0.5) is 0 Å². The molecule has 3 nitrogen and oxygen atoms in total. The second-order valence-electron chi connectivity index (χ2n) is 3.67. The summed E-state index contributed by atoms with van der Waals surface area (Å²) < 4.78 is 0. The summed E-state index contributed by atoms with van der Waals surface area (Å²) in [7, 11) is 0. The van der Waals surface area contributed by atoms with Gasteiger partial charge in [0, 0.05) is 24.2 Å². The van der Waals surface area contributed by atoms with Crippen LogP contribution in [0.3, 0.4) is 0 Å². The molecule has 0 amide bonds. The monoisotopic (exact) mass is 207 g/mol. The third kappa shape index (κ3) is 2.31. The zero-order chi connectivity index (χ0) is 9.80. The van der Waals surface area contributed by atoms with Crippen LogP contribution in [-0.2, 0) is 6.54 Å². The first-order valence-corrected chi connectivity index (χ1v) is 5.76. The molecule has 1 unspecified atom stereocenters. The largest absolute Gasteiger partial charge is 0.297 e. The molecule has 1 aliphatic rings. The minimum Gasteiger partial charge on any atom is -0.297 e. The van der Waals surface area contributed by atoms with E-state index in [4.69, 9.17) is 5.26 Å². The maximum atomic E-state index is 8.85. The predicted molar refractivity (Wildman–Crippen MR) is 55.7 cm³/mol. The molecule has 2 heterocycles. The van der Waals surface area contributed by atoms with Crippen LogP contribution in [0.25, 0.3) is 0 Å². The van der Waals surface area contributed by atoms with E-state index < -0.39 is 0 Å². The van der Waals surface area contributed by atoms with Crippen molar-refractivity contribution in [1.29, 1.82) is 5.26 Å². The van der Waals surface area contributed by atoms with E-state index in [2.05, 4.69) is 16.0 Å². The second-order valence-corrected chi connectivity index (χ2v) is 4.64. The maximum absolute atomic E-state index is 8.85. The fourth-order valence-corrected chi connectivity index (χ4v) is 2.48. The number of piperidine rings is 1. The Hall–Kier alpha value is -0.920. The van der Waals surface area contributed by atoms with Gasteiger partial charge >= 0.3 is 0 Å². The van der Waals surface area contributed by atoms with Gasteiger partial charge in [-0.1, -0.05) is 0 Å². The van der Waals surface area contributed by atoms with Gasteiger partial charge in [-0.05, 0) is 19.4 Å². The molecule has 1 aromatic heterocycles. The third-order valence-corrected chi connectivity index (χ3v) is 3.32. The predicted octanol–water partition coefficient (Wildman–Crippen LogP) is 1.88. The Morgan fingerprint density at radius 3 is 3.36 bits per heavy atom. The van der Waals surface area contributed by atoms with Gasteiger partial charge in [0.05, 0.1) is 17.5 Å². The highest BCUT2D eigenvalue weighted by Crippen LogP contribution is 2.18. The van der Waals surface area contributed by atoms with E-state index in [-0.39, 0.29) is 5.92 Å². The molecule has 2 rings (SSSR count). The van der Waals surface area contributed by atoms with Crippen molar-refractivity contribution in [2.24, 2.45) is 5.92 Å². The summed E-state index contributed by atoms with van der Waals surface area (Å²) in [6.07, 6.45) is 4.13. The van der Waals surface area contributed by atoms with Gasteiger partial charge in [0.25, 0.3) is 0 Å². The zero-order valence-corrected chi connectivity index (χ0v) is 8.83. The smallest absolute Gasteiger partial charge is 0.0794 e. The first-order valence-electron chi connectivity index (χ1n) is 4.88. The highest BCUT2D eigenvalue weighted by molar-refractivity contribution is 7.09. The Bertz CT molecular complexity index is 315. The number of likely N-dealkylation sites (tertiary alicyclic amines) is 1. The average molecular weight is 207 g/mol. The van der Waals surface area contributed by atoms with E-state index in [9.17, 15) is 0 Å². The van der Waals surface area contributed by atoms with Crippen LogP contribution in [0.2, 0.25) is 0 Å². The third-order valence-electron chi connectivity index (χ3n) is 2.55. The fraction of sp³-hybridized carbons (Fsp3) is 0.600. The average Bonchev–Trinajstić information content (AvgIpc) is 2.71. The van der Waals surface area contributed by atoms with Gasteiger partial charge in [-0.2, -0.15) is 5.26 Å². The molecule has 4 heteroatoms. The van der Waals surface area contributed by atoms with Crippen LogP contribution in [0.5, 0.6) is 0 Å². The molecular formula is C10H13N3S. The molecule has 14 heavy (non-hydrogen) atoms. The van der Waals surface area contributed by atoms with Gasteiger partial charge in [-0.25, -0.2) is 0 Å². The summed E-state index contributed by atoms with van der Waals surface area (Å²) >= 11 is 1.69. The van der Waals surface area contributed by atoms with E-state index in [1.807, 2.05) is 11.7 Å². The lowest BCUT2D eigenvalue weighted by Crippen LogP contribution is -2.34. The van der Waals surface area contributed by atoms with Crippen molar-refractivity contribution in [3.63, 3.8) is 0 Å². The first kappa shape index (κ1) is 9.63. The van der Waals surface area contributed by atoms with Crippen molar-refractivity contribution in [2.45, 2.75) is 19.4 Å². The van der Waals surface area contributed by atoms with Crippen molar-refractivity contribution in [3.8, 4) is 6.07 Å². The number of rotatable bonds is 2. The van der Waals surface area contributed by atoms with E-state index in [1.165, 1.54) is 4.88 Å². The number of aromatic nitrogens is 1. The molecule has 0 N–H and O–H groups in total. The van der Waals surface area contributed by atoms with E-state index in [0.717, 1.165) is 32.5 Å². The standard InChI is InChI=1S/C10H13N3S/c11-4-9-2-1-3-13(6-9)7-10-5-12-8-14-10/h5,8-9H,1-3,6-7H2. The Kier molecular flexibility index (Phi) is 3.12. The van der Waals surface area contributed by atoms with Gasteiger partial charge in [0.1, 0.15) is 0 Å². The number of thiazole rings is 1. The topological polar surface area (TPSA) is 39.9 Å². The minimum absolute atomic E-state index is 0.233. The molecule has 1 atom stereocenters. The van der Waals surface area contributed by atoms with Crippen LogP contribution in [0.15, 0.2) is 11.7 Å². The molecule has 0 aliphatic carbocycles. The molecule has 1 fully saturated rings. The summed E-state index contributed by atoms with van der Waals surface area (Å²) in [6.45, 7) is 3.01. The van der Waals surface area contributed by atoms with E-state index >= 15 is 0 Å². The molecule has 1 aromatic rings. The van der Waals surface area contributed by atoms with Gasteiger partial charge in [-0.3, -0.25) is 9.88 Å². The Labute approximate surface area is 88.0 Å². The quantitative estimate of drug-likeness (QED) is 0.743. The van der Waals surface area contributed by atoms with Crippen molar-refractivity contribution >= 4 is 11.3 Å². The van der Waals surface area contributed by atoms with Gasteiger partial charge in [-0.15, -0.1) is 11.3 Å². The number of nitriles is 1. The van der Waals surface area contributed by atoms with Crippen molar-refractivity contribution in [3.05, 3.63) is 16.6 Å². The Morgan fingerprint density at radius 2 is 2.64 bits per heavy atom. The van der Waals surface area contributed by atoms with Crippen molar-refractivity contribution in [1.82, 2.24) is 9.88 Å². The lowest BCUT2D eigenvalue weighted by atomic mass is 10.00. The van der Waals surface area contributed by atoms with E-state index in [1.54, 1.807) is 11.3 Å². The maximum Gasteiger partial charge on any atom is 0.0794 e. The van der Waals surface area contributed by atoms with Crippen LogP contribution in [0, 0.1) is 17.2 Å². The van der Waals surface area contributed by atoms with Crippen LogP contribution >= 0.6 is 11.3 Å². The minimum atomic E-state index is 0.233. The number of hydrogen-bond donors (Lipinski definition) is 0. The van der Waals surface area contributed by atoms with Crippen molar-refractivity contribution < 1.29 is 0 Å². The molecule has 0 spiro atoms. The summed E-state index contributed by atoms with van der Waals surface area (Å²) in [5, 5.41) is 8.85. The molecule has 0 bridgehead atoms.